The maximum atomic E-state index is 12.8. The molecule has 0 amide bonds. The quantitative estimate of drug-likeness (QED) is 0.514. The predicted molar refractivity (Wildman–Crippen MR) is 99.4 cm³/mol. The molecule has 0 fully saturated rings. The molecule has 5 heteroatoms. The largest absolute Gasteiger partial charge is 0.507 e. The fourth-order valence-corrected chi connectivity index (χ4v) is 3.20. The Bertz CT molecular complexity index is 921. The Kier molecular flexibility index (Phi) is 4.44. The second kappa shape index (κ2) is 6.68. The Morgan fingerprint density at radius 2 is 2.04 bits per heavy atom. The molecule has 0 aliphatic carbocycles. The van der Waals surface area contributed by atoms with Crippen molar-refractivity contribution in [3.8, 4) is 5.75 Å². The molecule has 0 bridgehead atoms. The standard InChI is InChI=1S/C19H16N2O2S/c1-12(17-8-5-9-24-17)10-14-15(11-21-19(14)20-2)18(23)13-6-3-4-7-16(13)22/h3-11,21-22H,2H2,1H3/b12-10+. The lowest BCUT2D eigenvalue weighted by Crippen LogP contribution is -2.02. The number of allylic oxidation sites excluding steroid dienone is 1. The summed E-state index contributed by atoms with van der Waals surface area (Å²) >= 11 is 1.63. The van der Waals surface area contributed by atoms with Gasteiger partial charge in [0.2, 0.25) is 0 Å². The van der Waals surface area contributed by atoms with Gasteiger partial charge in [0.15, 0.2) is 5.78 Å². The molecule has 0 radical (unpaired) electrons. The first-order chi connectivity index (χ1) is 11.6. The van der Waals surface area contributed by atoms with Crippen LogP contribution >= 0.6 is 11.3 Å². The number of ketones is 1. The van der Waals surface area contributed by atoms with Gasteiger partial charge in [-0.15, -0.1) is 11.3 Å². The zero-order chi connectivity index (χ0) is 17.1. The number of phenols is 1. The molecular formula is C19H16N2O2S. The molecule has 4 nitrogen and oxygen atoms in total. The Labute approximate surface area is 143 Å². The van der Waals surface area contributed by atoms with Crippen molar-refractivity contribution >= 4 is 41.3 Å². The lowest BCUT2D eigenvalue weighted by atomic mass is 10.00. The lowest BCUT2D eigenvalue weighted by molar-refractivity contribution is 0.103. The van der Waals surface area contributed by atoms with E-state index in [2.05, 4.69) is 16.7 Å². The molecule has 0 aliphatic heterocycles. The number of hydrogen-bond donors (Lipinski definition) is 2. The number of phenolic OH excluding ortho intramolecular Hbond substituents is 1. The zero-order valence-electron chi connectivity index (χ0n) is 13.1. The summed E-state index contributed by atoms with van der Waals surface area (Å²) in [6.07, 6.45) is 3.52. The zero-order valence-corrected chi connectivity index (χ0v) is 13.9. The summed E-state index contributed by atoms with van der Waals surface area (Å²) in [5.41, 5.74) is 2.41. The molecule has 3 aromatic rings. The Balaban J connectivity index is 2.09. The lowest BCUT2D eigenvalue weighted by Gasteiger charge is -2.05. The van der Waals surface area contributed by atoms with Crippen LogP contribution in [0.5, 0.6) is 5.75 Å². The van der Waals surface area contributed by atoms with Gasteiger partial charge in [-0.25, -0.2) is 4.99 Å². The molecule has 2 heterocycles. The van der Waals surface area contributed by atoms with Crippen molar-refractivity contribution in [1.82, 2.24) is 4.98 Å². The highest BCUT2D eigenvalue weighted by molar-refractivity contribution is 7.11. The third kappa shape index (κ3) is 2.94. The van der Waals surface area contributed by atoms with E-state index in [0.717, 1.165) is 10.5 Å². The highest BCUT2D eigenvalue weighted by atomic mass is 32.1. The molecule has 0 atom stereocenters. The molecule has 3 rings (SSSR count). The molecule has 2 N–H and O–H groups in total. The summed E-state index contributed by atoms with van der Waals surface area (Å²) in [5, 5.41) is 12.0. The van der Waals surface area contributed by atoms with E-state index in [9.17, 15) is 9.90 Å². The topological polar surface area (TPSA) is 65.5 Å². The summed E-state index contributed by atoms with van der Waals surface area (Å²) in [6.45, 7) is 5.54. The number of nitrogens with zero attached hydrogens (tertiary/aromatic N) is 1. The molecule has 0 spiro atoms. The van der Waals surface area contributed by atoms with Crippen LogP contribution in [0, 0.1) is 0 Å². The van der Waals surface area contributed by atoms with Gasteiger partial charge in [0.05, 0.1) is 5.56 Å². The second-order valence-electron chi connectivity index (χ2n) is 5.27. The summed E-state index contributed by atoms with van der Waals surface area (Å²) in [4.78, 5) is 20.9. The molecule has 0 unspecified atom stereocenters. The highest BCUT2D eigenvalue weighted by Gasteiger charge is 2.19. The van der Waals surface area contributed by atoms with Crippen molar-refractivity contribution in [2.45, 2.75) is 6.92 Å². The summed E-state index contributed by atoms with van der Waals surface area (Å²) in [7, 11) is 0. The molecule has 0 saturated heterocycles. The number of aromatic amines is 1. The summed E-state index contributed by atoms with van der Waals surface area (Å²) < 4.78 is 0. The maximum absolute atomic E-state index is 12.8. The number of hydrogen-bond acceptors (Lipinski definition) is 4. The van der Waals surface area contributed by atoms with Crippen LogP contribution in [-0.4, -0.2) is 22.6 Å². The molecule has 120 valence electrons. The van der Waals surface area contributed by atoms with Gasteiger partial charge in [-0.05, 0) is 48.9 Å². The Hall–Kier alpha value is -2.92. The van der Waals surface area contributed by atoms with Crippen LogP contribution in [0.4, 0.5) is 5.82 Å². The van der Waals surface area contributed by atoms with Crippen LogP contribution in [-0.2, 0) is 0 Å². The van der Waals surface area contributed by atoms with E-state index in [1.165, 1.54) is 6.07 Å². The number of carbonyl (C=O) groups excluding carboxylic acids is 1. The molecule has 0 aliphatic rings. The number of rotatable bonds is 5. The molecule has 1 aromatic carbocycles. The van der Waals surface area contributed by atoms with E-state index in [-0.39, 0.29) is 17.1 Å². The van der Waals surface area contributed by atoms with Gasteiger partial charge in [0.25, 0.3) is 0 Å². The van der Waals surface area contributed by atoms with Crippen molar-refractivity contribution in [2.75, 3.05) is 0 Å². The molecule has 2 aromatic heterocycles. The van der Waals surface area contributed by atoms with Crippen LogP contribution in [0.3, 0.4) is 0 Å². The van der Waals surface area contributed by atoms with E-state index in [4.69, 9.17) is 0 Å². The number of benzene rings is 1. The van der Waals surface area contributed by atoms with Crippen molar-refractivity contribution in [3.05, 3.63) is 69.5 Å². The normalized spacial score (nSPS) is 11.5. The number of aromatic nitrogens is 1. The van der Waals surface area contributed by atoms with E-state index in [1.807, 2.05) is 30.5 Å². The predicted octanol–water partition coefficient (Wildman–Crippen LogP) is 4.91. The fourth-order valence-electron chi connectivity index (χ4n) is 2.49. The minimum Gasteiger partial charge on any atom is -0.507 e. The van der Waals surface area contributed by atoms with E-state index < -0.39 is 0 Å². The number of carbonyl (C=O) groups is 1. The van der Waals surface area contributed by atoms with Crippen LogP contribution in [0.15, 0.2) is 53.0 Å². The summed E-state index contributed by atoms with van der Waals surface area (Å²) in [6, 6.07) is 10.5. The van der Waals surface area contributed by atoms with Gasteiger partial charge >= 0.3 is 0 Å². The average molecular weight is 336 g/mol. The maximum Gasteiger partial charge on any atom is 0.198 e. The SMILES string of the molecule is C=Nc1[nH]cc(C(=O)c2ccccc2O)c1/C=C(\C)c1cccs1. The third-order valence-corrected chi connectivity index (χ3v) is 4.73. The first kappa shape index (κ1) is 16.0. The van der Waals surface area contributed by atoms with Gasteiger partial charge in [0, 0.05) is 22.2 Å². The second-order valence-corrected chi connectivity index (χ2v) is 6.22. The smallest absolute Gasteiger partial charge is 0.198 e. The number of aromatic hydroxyl groups is 1. The van der Waals surface area contributed by atoms with Gasteiger partial charge in [0.1, 0.15) is 11.6 Å². The fraction of sp³-hybridized carbons (Fsp3) is 0.0526. The minimum absolute atomic E-state index is 0.0401. The molecule has 0 saturated carbocycles. The number of thiophene rings is 1. The van der Waals surface area contributed by atoms with Crippen LogP contribution in [0.25, 0.3) is 11.6 Å². The van der Waals surface area contributed by atoms with Gasteiger partial charge < -0.3 is 10.1 Å². The van der Waals surface area contributed by atoms with Crippen molar-refractivity contribution in [2.24, 2.45) is 4.99 Å². The van der Waals surface area contributed by atoms with Crippen LogP contribution in [0.2, 0.25) is 0 Å². The first-order valence-corrected chi connectivity index (χ1v) is 8.22. The number of nitrogens with one attached hydrogen (secondary N) is 1. The number of para-hydroxylation sites is 1. The average Bonchev–Trinajstić information content (AvgIpc) is 3.24. The van der Waals surface area contributed by atoms with Gasteiger partial charge in [-0.1, -0.05) is 18.2 Å². The van der Waals surface area contributed by atoms with Crippen LogP contribution < -0.4 is 0 Å². The van der Waals surface area contributed by atoms with E-state index in [0.29, 0.717) is 16.9 Å². The van der Waals surface area contributed by atoms with Crippen molar-refractivity contribution in [1.29, 1.82) is 0 Å². The number of H-pyrrole nitrogens is 1. The summed E-state index contributed by atoms with van der Waals surface area (Å²) in [5.74, 6) is 0.232. The van der Waals surface area contributed by atoms with Gasteiger partial charge in [-0.2, -0.15) is 0 Å². The van der Waals surface area contributed by atoms with Crippen LogP contribution in [0.1, 0.15) is 33.3 Å². The molecule has 24 heavy (non-hydrogen) atoms. The molecular weight excluding hydrogens is 320 g/mol. The van der Waals surface area contributed by atoms with E-state index >= 15 is 0 Å². The monoisotopic (exact) mass is 336 g/mol. The first-order valence-electron chi connectivity index (χ1n) is 7.34. The minimum atomic E-state index is -0.260. The van der Waals surface area contributed by atoms with Gasteiger partial charge in [-0.3, -0.25) is 4.79 Å². The van der Waals surface area contributed by atoms with Crippen molar-refractivity contribution in [3.63, 3.8) is 0 Å². The highest BCUT2D eigenvalue weighted by Crippen LogP contribution is 2.31. The van der Waals surface area contributed by atoms with E-state index in [1.54, 1.807) is 35.7 Å². The third-order valence-electron chi connectivity index (χ3n) is 3.72. The Morgan fingerprint density at radius 1 is 1.25 bits per heavy atom. The van der Waals surface area contributed by atoms with Crippen molar-refractivity contribution < 1.29 is 9.90 Å². The number of aliphatic imine (C=N–C) groups is 1. The Morgan fingerprint density at radius 3 is 2.71 bits per heavy atom.